The van der Waals surface area contributed by atoms with E-state index in [0.717, 1.165) is 17.7 Å². The molecule has 5 nitrogen and oxygen atoms in total. The van der Waals surface area contributed by atoms with Gasteiger partial charge < -0.3 is 10.6 Å². The lowest BCUT2D eigenvalue weighted by Gasteiger charge is -2.27. The maximum Gasteiger partial charge on any atom is 0.241 e. The van der Waals surface area contributed by atoms with Gasteiger partial charge in [0.25, 0.3) is 0 Å². The van der Waals surface area contributed by atoms with Gasteiger partial charge >= 0.3 is 0 Å². The summed E-state index contributed by atoms with van der Waals surface area (Å²) in [5.74, 6) is 0.241. The number of nitrogens with zero attached hydrogens (tertiary/aromatic N) is 1. The standard InChI is InChI=1S/C19H31N3O2/c1-6-14(4)16-11-9-10-12-17(16)21-19(24)15(5)22(8-3)13-18(23)20-7-2/h9-12,14-15H,6-8,13H2,1-5H3,(H,20,23)(H,21,24)/t14-,15+/m0/s1. The zero-order chi connectivity index (χ0) is 18.1. The van der Waals surface area contributed by atoms with E-state index in [0.29, 0.717) is 19.0 Å². The van der Waals surface area contributed by atoms with Crippen LogP contribution in [0, 0.1) is 0 Å². The predicted octanol–water partition coefficient (Wildman–Crippen LogP) is 2.99. The number of hydrogen-bond donors (Lipinski definition) is 2. The van der Waals surface area contributed by atoms with E-state index in [4.69, 9.17) is 0 Å². The summed E-state index contributed by atoms with van der Waals surface area (Å²) in [7, 11) is 0. The fraction of sp³-hybridized carbons (Fsp3) is 0.579. The van der Waals surface area contributed by atoms with Crippen molar-refractivity contribution in [3.05, 3.63) is 29.8 Å². The van der Waals surface area contributed by atoms with Gasteiger partial charge in [-0.1, -0.05) is 39.0 Å². The summed E-state index contributed by atoms with van der Waals surface area (Å²) in [6.07, 6.45) is 1.01. The summed E-state index contributed by atoms with van der Waals surface area (Å²) in [5.41, 5.74) is 2.00. The molecule has 0 aromatic heterocycles. The van der Waals surface area contributed by atoms with Crippen molar-refractivity contribution in [3.63, 3.8) is 0 Å². The molecule has 0 spiro atoms. The highest BCUT2D eigenvalue weighted by Gasteiger charge is 2.23. The minimum atomic E-state index is -0.373. The average Bonchev–Trinajstić information content (AvgIpc) is 2.59. The van der Waals surface area contributed by atoms with E-state index in [-0.39, 0.29) is 24.4 Å². The molecule has 134 valence electrons. The first-order valence-corrected chi connectivity index (χ1v) is 8.84. The van der Waals surface area contributed by atoms with Gasteiger partial charge in [0, 0.05) is 12.2 Å². The third-order valence-electron chi connectivity index (χ3n) is 4.42. The molecule has 0 saturated heterocycles. The Labute approximate surface area is 145 Å². The van der Waals surface area contributed by atoms with E-state index < -0.39 is 0 Å². The lowest BCUT2D eigenvalue weighted by molar-refractivity contribution is -0.125. The first-order valence-electron chi connectivity index (χ1n) is 8.84. The normalized spacial score (nSPS) is 13.4. The highest BCUT2D eigenvalue weighted by Crippen LogP contribution is 2.26. The molecule has 1 rings (SSSR count). The first kappa shape index (κ1) is 20.2. The van der Waals surface area contributed by atoms with Gasteiger partial charge in [-0.05, 0) is 44.4 Å². The van der Waals surface area contributed by atoms with E-state index in [2.05, 4.69) is 30.5 Å². The Bertz CT molecular complexity index is 545. The van der Waals surface area contributed by atoms with Crippen LogP contribution in [0.1, 0.15) is 52.5 Å². The molecule has 1 aromatic carbocycles. The molecule has 0 bridgehead atoms. The predicted molar refractivity (Wildman–Crippen MR) is 99.2 cm³/mol. The highest BCUT2D eigenvalue weighted by atomic mass is 16.2. The number of hydrogen-bond acceptors (Lipinski definition) is 3. The molecule has 24 heavy (non-hydrogen) atoms. The minimum absolute atomic E-state index is 0.0565. The molecule has 0 aliphatic rings. The Hall–Kier alpha value is -1.88. The monoisotopic (exact) mass is 333 g/mol. The number of carbonyl (C=O) groups excluding carboxylic acids is 2. The van der Waals surface area contributed by atoms with Crippen molar-refractivity contribution in [3.8, 4) is 0 Å². The van der Waals surface area contributed by atoms with E-state index in [1.807, 2.05) is 43.9 Å². The van der Waals surface area contributed by atoms with Crippen molar-refractivity contribution < 1.29 is 9.59 Å². The van der Waals surface area contributed by atoms with Gasteiger partial charge in [-0.3, -0.25) is 14.5 Å². The molecule has 0 aliphatic heterocycles. The van der Waals surface area contributed by atoms with Crippen LogP contribution in [0.2, 0.25) is 0 Å². The van der Waals surface area contributed by atoms with Crippen LogP contribution in [0.15, 0.2) is 24.3 Å². The number of rotatable bonds is 9. The summed E-state index contributed by atoms with van der Waals surface area (Å²) >= 11 is 0. The van der Waals surface area contributed by atoms with Crippen LogP contribution in [0.4, 0.5) is 5.69 Å². The molecule has 1 aromatic rings. The van der Waals surface area contributed by atoms with Gasteiger partial charge in [0.2, 0.25) is 11.8 Å². The molecule has 2 N–H and O–H groups in total. The van der Waals surface area contributed by atoms with Crippen molar-refractivity contribution >= 4 is 17.5 Å². The summed E-state index contributed by atoms with van der Waals surface area (Å²) in [6, 6.07) is 7.54. The van der Waals surface area contributed by atoms with Gasteiger partial charge in [0.05, 0.1) is 12.6 Å². The largest absolute Gasteiger partial charge is 0.355 e. The molecule has 0 fully saturated rings. The molecule has 0 saturated carbocycles. The Morgan fingerprint density at radius 1 is 1.12 bits per heavy atom. The number of anilines is 1. The summed E-state index contributed by atoms with van der Waals surface area (Å²) in [4.78, 5) is 26.3. The summed E-state index contributed by atoms with van der Waals surface area (Å²) in [5, 5.41) is 5.81. The fourth-order valence-corrected chi connectivity index (χ4v) is 2.62. The number of benzene rings is 1. The van der Waals surface area contributed by atoms with Crippen LogP contribution in [0.3, 0.4) is 0 Å². The smallest absolute Gasteiger partial charge is 0.241 e. The first-order chi connectivity index (χ1) is 11.4. The number of para-hydroxylation sites is 1. The van der Waals surface area contributed by atoms with Crippen molar-refractivity contribution in [2.24, 2.45) is 0 Å². The van der Waals surface area contributed by atoms with Crippen LogP contribution >= 0.6 is 0 Å². The number of nitrogens with one attached hydrogen (secondary N) is 2. The van der Waals surface area contributed by atoms with E-state index in [1.165, 1.54) is 0 Å². The van der Waals surface area contributed by atoms with Crippen molar-refractivity contribution in [1.29, 1.82) is 0 Å². The second-order valence-electron chi connectivity index (χ2n) is 6.08. The van der Waals surface area contributed by atoms with Crippen molar-refractivity contribution in [2.75, 3.05) is 25.0 Å². The minimum Gasteiger partial charge on any atom is -0.355 e. The topological polar surface area (TPSA) is 61.4 Å². The summed E-state index contributed by atoms with van der Waals surface area (Å²) in [6.45, 7) is 11.4. The van der Waals surface area contributed by atoms with Gasteiger partial charge in [0.15, 0.2) is 0 Å². The second-order valence-corrected chi connectivity index (χ2v) is 6.08. The number of amides is 2. The van der Waals surface area contributed by atoms with Crippen LogP contribution in [-0.2, 0) is 9.59 Å². The van der Waals surface area contributed by atoms with E-state index in [1.54, 1.807) is 0 Å². The lowest BCUT2D eigenvalue weighted by Crippen LogP contribution is -2.46. The van der Waals surface area contributed by atoms with Gasteiger partial charge in [-0.15, -0.1) is 0 Å². The van der Waals surface area contributed by atoms with Crippen LogP contribution < -0.4 is 10.6 Å². The number of carbonyl (C=O) groups is 2. The van der Waals surface area contributed by atoms with E-state index in [9.17, 15) is 9.59 Å². The van der Waals surface area contributed by atoms with E-state index >= 15 is 0 Å². The fourth-order valence-electron chi connectivity index (χ4n) is 2.62. The quantitative estimate of drug-likeness (QED) is 0.730. The third-order valence-corrected chi connectivity index (χ3v) is 4.42. The zero-order valence-corrected chi connectivity index (χ0v) is 15.6. The third kappa shape index (κ3) is 5.64. The average molecular weight is 333 g/mol. The van der Waals surface area contributed by atoms with Crippen LogP contribution in [0.5, 0.6) is 0 Å². The Kier molecular flexibility index (Phi) is 8.47. The molecular formula is C19H31N3O2. The Morgan fingerprint density at radius 2 is 1.79 bits per heavy atom. The maximum absolute atomic E-state index is 12.6. The number of likely N-dealkylation sites (N-methyl/N-ethyl adjacent to an activating group) is 2. The molecule has 0 unspecified atom stereocenters. The lowest BCUT2D eigenvalue weighted by atomic mass is 9.97. The van der Waals surface area contributed by atoms with Crippen molar-refractivity contribution in [1.82, 2.24) is 10.2 Å². The molecule has 0 radical (unpaired) electrons. The Balaban J connectivity index is 2.81. The Morgan fingerprint density at radius 3 is 2.38 bits per heavy atom. The maximum atomic E-state index is 12.6. The zero-order valence-electron chi connectivity index (χ0n) is 15.6. The van der Waals surface area contributed by atoms with Crippen molar-refractivity contribution in [2.45, 2.75) is 53.0 Å². The molecule has 2 amide bonds. The molecular weight excluding hydrogens is 302 g/mol. The van der Waals surface area contributed by atoms with Crippen LogP contribution in [-0.4, -0.2) is 42.4 Å². The van der Waals surface area contributed by atoms with Gasteiger partial charge in [-0.2, -0.15) is 0 Å². The second kappa shape index (κ2) is 10.1. The van der Waals surface area contributed by atoms with Gasteiger partial charge in [-0.25, -0.2) is 0 Å². The summed E-state index contributed by atoms with van der Waals surface area (Å²) < 4.78 is 0. The van der Waals surface area contributed by atoms with Gasteiger partial charge in [0.1, 0.15) is 0 Å². The SMILES string of the molecule is CCNC(=O)CN(CC)[C@H](C)C(=O)Nc1ccccc1[C@@H](C)CC. The molecule has 2 atom stereocenters. The molecule has 0 aliphatic carbocycles. The van der Waals surface area contributed by atoms with Crippen LogP contribution in [0.25, 0.3) is 0 Å². The highest BCUT2D eigenvalue weighted by molar-refractivity contribution is 5.95. The molecule has 5 heteroatoms. The molecule has 0 heterocycles.